The van der Waals surface area contributed by atoms with Crippen LogP contribution in [0.5, 0.6) is 5.88 Å². The predicted molar refractivity (Wildman–Crippen MR) is 57.8 cm³/mol. The van der Waals surface area contributed by atoms with Crippen LogP contribution < -0.4 is 4.74 Å². The van der Waals surface area contributed by atoms with E-state index in [1.54, 1.807) is 28.7 Å². The number of hydrogen-bond acceptors (Lipinski definition) is 3. The fraction of sp³-hybridized carbons (Fsp3) is 0.333. The van der Waals surface area contributed by atoms with Crippen molar-refractivity contribution in [3.05, 3.63) is 20.9 Å². The molecule has 0 saturated heterocycles. The first-order chi connectivity index (χ1) is 7.87. The number of halogens is 5. The van der Waals surface area contributed by atoms with Crippen LogP contribution in [0.3, 0.4) is 0 Å². The van der Waals surface area contributed by atoms with Gasteiger partial charge in [0.2, 0.25) is 5.88 Å². The van der Waals surface area contributed by atoms with E-state index in [-0.39, 0.29) is 17.7 Å². The van der Waals surface area contributed by atoms with E-state index in [2.05, 4.69) is 9.72 Å². The molecular weight excluding hydrogens is 355 g/mol. The summed E-state index contributed by atoms with van der Waals surface area (Å²) < 4.78 is 52.6. The highest BCUT2D eigenvalue weighted by Gasteiger charge is 2.33. The molecule has 92 valence electrons. The van der Waals surface area contributed by atoms with Gasteiger partial charge in [0, 0.05) is 9.13 Å². The molecule has 8 heteroatoms. The topological polar surface area (TPSA) is 45.9 Å². The molecule has 0 aliphatic heterocycles. The van der Waals surface area contributed by atoms with Crippen molar-refractivity contribution in [3.8, 4) is 11.9 Å². The van der Waals surface area contributed by atoms with Crippen molar-refractivity contribution in [3.63, 3.8) is 0 Å². The van der Waals surface area contributed by atoms with Crippen molar-refractivity contribution in [1.29, 1.82) is 5.26 Å². The molecule has 0 spiro atoms. The summed E-state index contributed by atoms with van der Waals surface area (Å²) in [5.74, 6) is -0.771. The van der Waals surface area contributed by atoms with Crippen molar-refractivity contribution in [2.45, 2.75) is 19.5 Å². The maximum absolute atomic E-state index is 12.4. The number of nitrogens with zero attached hydrogens (tertiary/aromatic N) is 2. The van der Waals surface area contributed by atoms with Crippen LogP contribution >= 0.6 is 22.6 Å². The minimum atomic E-state index is -4.92. The minimum Gasteiger partial charge on any atom is -0.388 e. The molecular formula is C9H5F4IN2O. The number of aromatic nitrogens is 1. The highest BCUT2D eigenvalue weighted by molar-refractivity contribution is 14.1. The first-order valence-corrected chi connectivity index (χ1v) is 5.32. The number of pyridine rings is 1. The number of rotatable bonds is 3. The van der Waals surface area contributed by atoms with Gasteiger partial charge in [-0.3, -0.25) is 0 Å². The lowest BCUT2D eigenvalue weighted by Gasteiger charge is -2.12. The van der Waals surface area contributed by atoms with Crippen LogP contribution in [0.1, 0.15) is 11.3 Å². The van der Waals surface area contributed by atoms with Crippen LogP contribution in [0.2, 0.25) is 0 Å². The summed E-state index contributed by atoms with van der Waals surface area (Å²) in [6.45, 7) is -1.00. The fourth-order valence-electron chi connectivity index (χ4n) is 1.05. The molecule has 0 aromatic carbocycles. The first-order valence-electron chi connectivity index (χ1n) is 4.24. The van der Waals surface area contributed by atoms with Crippen LogP contribution in [0.15, 0.2) is 6.07 Å². The highest BCUT2D eigenvalue weighted by atomic mass is 127. The zero-order chi connectivity index (χ0) is 13.1. The van der Waals surface area contributed by atoms with Crippen molar-refractivity contribution in [1.82, 2.24) is 4.98 Å². The Morgan fingerprint density at radius 2 is 2.12 bits per heavy atom. The monoisotopic (exact) mass is 360 g/mol. The molecule has 3 nitrogen and oxygen atoms in total. The Bertz CT molecular complexity index is 456. The van der Waals surface area contributed by atoms with Crippen molar-refractivity contribution >= 4 is 22.6 Å². The Balaban J connectivity index is 3.20. The maximum Gasteiger partial charge on any atom is 0.574 e. The van der Waals surface area contributed by atoms with Gasteiger partial charge in [0.15, 0.2) is 0 Å². The summed E-state index contributed by atoms with van der Waals surface area (Å²) in [7, 11) is 0. The van der Waals surface area contributed by atoms with E-state index in [0.717, 1.165) is 0 Å². The van der Waals surface area contributed by atoms with Crippen LogP contribution in [0.25, 0.3) is 0 Å². The smallest absolute Gasteiger partial charge is 0.388 e. The van der Waals surface area contributed by atoms with Gasteiger partial charge in [0.05, 0.1) is 18.2 Å². The standard InChI is InChI=1S/C9H5F4IN2O/c10-4-7-6(14)3-5(1-2-15)8(16-7)17-9(11,12)13/h3H,1,4H2. The molecule has 1 heterocycles. The summed E-state index contributed by atoms with van der Waals surface area (Å²) in [5.41, 5.74) is -0.169. The molecule has 0 bridgehead atoms. The zero-order valence-electron chi connectivity index (χ0n) is 8.18. The summed E-state index contributed by atoms with van der Waals surface area (Å²) in [6.07, 6.45) is -5.21. The Kier molecular flexibility index (Phi) is 4.50. The number of ether oxygens (including phenoxy) is 1. The largest absolute Gasteiger partial charge is 0.574 e. The van der Waals surface area contributed by atoms with Crippen LogP contribution in [-0.4, -0.2) is 11.3 Å². The molecule has 0 radical (unpaired) electrons. The van der Waals surface area contributed by atoms with E-state index < -0.39 is 18.9 Å². The first kappa shape index (κ1) is 14.0. The summed E-state index contributed by atoms with van der Waals surface area (Å²) in [6, 6.07) is 2.95. The summed E-state index contributed by atoms with van der Waals surface area (Å²) in [5, 5.41) is 8.47. The molecule has 1 aromatic rings. The highest BCUT2D eigenvalue weighted by Crippen LogP contribution is 2.27. The minimum absolute atomic E-state index is 0.0218. The quantitative estimate of drug-likeness (QED) is 0.615. The third kappa shape index (κ3) is 3.99. The molecule has 0 unspecified atom stereocenters. The normalized spacial score (nSPS) is 11.1. The van der Waals surface area contributed by atoms with Gasteiger partial charge in [-0.2, -0.15) is 5.26 Å². The Morgan fingerprint density at radius 1 is 1.47 bits per heavy atom. The number of alkyl halides is 4. The lowest BCUT2D eigenvalue weighted by molar-refractivity contribution is -0.276. The number of hydrogen-bond donors (Lipinski definition) is 0. The SMILES string of the molecule is N#CCc1cc(I)c(CF)nc1OC(F)(F)F. The van der Waals surface area contributed by atoms with E-state index in [4.69, 9.17) is 5.26 Å². The van der Waals surface area contributed by atoms with Gasteiger partial charge in [-0.25, -0.2) is 9.37 Å². The second kappa shape index (κ2) is 5.48. The number of nitriles is 1. The maximum atomic E-state index is 12.4. The van der Waals surface area contributed by atoms with E-state index in [1.807, 2.05) is 0 Å². The fourth-order valence-corrected chi connectivity index (χ4v) is 1.69. The van der Waals surface area contributed by atoms with Gasteiger partial charge in [-0.05, 0) is 28.7 Å². The van der Waals surface area contributed by atoms with Gasteiger partial charge < -0.3 is 4.74 Å². The molecule has 0 atom stereocenters. The van der Waals surface area contributed by atoms with E-state index in [1.165, 1.54) is 6.07 Å². The lowest BCUT2D eigenvalue weighted by Crippen LogP contribution is -2.19. The molecule has 0 N–H and O–H groups in total. The third-order valence-corrected chi connectivity index (χ3v) is 2.63. The lowest BCUT2D eigenvalue weighted by atomic mass is 10.2. The Labute approximate surface area is 108 Å². The summed E-state index contributed by atoms with van der Waals surface area (Å²) >= 11 is 1.73. The second-order valence-corrected chi connectivity index (χ2v) is 4.06. The summed E-state index contributed by atoms with van der Waals surface area (Å²) in [4.78, 5) is 3.42. The second-order valence-electron chi connectivity index (χ2n) is 2.90. The van der Waals surface area contributed by atoms with Gasteiger partial charge in [0.1, 0.15) is 6.67 Å². The van der Waals surface area contributed by atoms with Crippen molar-refractivity contribution in [2.24, 2.45) is 0 Å². The van der Waals surface area contributed by atoms with Gasteiger partial charge in [-0.15, -0.1) is 13.2 Å². The molecule has 17 heavy (non-hydrogen) atoms. The molecule has 1 rings (SSSR count). The van der Waals surface area contributed by atoms with E-state index in [0.29, 0.717) is 3.57 Å². The Hall–Kier alpha value is -1.11. The van der Waals surface area contributed by atoms with E-state index in [9.17, 15) is 17.6 Å². The van der Waals surface area contributed by atoms with Crippen molar-refractivity contribution in [2.75, 3.05) is 0 Å². The average Bonchev–Trinajstić information content (AvgIpc) is 2.20. The predicted octanol–water partition coefficient (Wildman–Crippen LogP) is 3.12. The molecule has 0 saturated carbocycles. The van der Waals surface area contributed by atoms with Crippen LogP contribution in [-0.2, 0) is 13.1 Å². The van der Waals surface area contributed by atoms with Gasteiger partial charge in [0.25, 0.3) is 0 Å². The zero-order valence-corrected chi connectivity index (χ0v) is 10.3. The van der Waals surface area contributed by atoms with E-state index >= 15 is 0 Å². The third-order valence-electron chi connectivity index (χ3n) is 1.70. The molecule has 0 fully saturated rings. The molecule has 0 amide bonds. The van der Waals surface area contributed by atoms with Gasteiger partial charge >= 0.3 is 6.36 Å². The van der Waals surface area contributed by atoms with Crippen molar-refractivity contribution < 1.29 is 22.3 Å². The molecule has 1 aromatic heterocycles. The molecule has 0 aliphatic carbocycles. The Morgan fingerprint density at radius 3 is 2.59 bits per heavy atom. The molecule has 0 aliphatic rings. The average molecular weight is 360 g/mol. The van der Waals surface area contributed by atoms with Crippen LogP contribution in [0, 0.1) is 14.9 Å². The van der Waals surface area contributed by atoms with Gasteiger partial charge in [-0.1, -0.05) is 0 Å². The van der Waals surface area contributed by atoms with Crippen LogP contribution in [0.4, 0.5) is 17.6 Å².